The molecule has 226 valence electrons. The number of phenolic OH excluding ortho intramolecular Hbond substituents is 2. The first kappa shape index (κ1) is 34.6. The third kappa shape index (κ3) is 8.96. The van der Waals surface area contributed by atoms with Gasteiger partial charge >= 0.3 is 0 Å². The molecular formula is C32H52O6P2. The standard InChI is InChI=1S/C32H52O6P2/c1-29(2,3)23-15-21(16-24(27(23)33)30(4,5)6)19-39(35,36)13-14-40(37,38)20-22-17-25(31(7,8)9)28(34)26(18-22)32(10,11)12/h15-18,33-34H,13-14,19-20H2,1-12H3,(H,35,36)(H,37,38). The van der Waals surface area contributed by atoms with E-state index in [2.05, 4.69) is 0 Å². The molecule has 0 aliphatic heterocycles. The Morgan fingerprint density at radius 1 is 0.500 bits per heavy atom. The lowest BCUT2D eigenvalue weighted by Gasteiger charge is -2.29. The van der Waals surface area contributed by atoms with Crippen LogP contribution in [0.1, 0.15) is 116 Å². The van der Waals surface area contributed by atoms with E-state index < -0.39 is 14.7 Å². The molecule has 40 heavy (non-hydrogen) atoms. The van der Waals surface area contributed by atoms with E-state index in [0.29, 0.717) is 33.4 Å². The van der Waals surface area contributed by atoms with Gasteiger partial charge in [0.15, 0.2) is 0 Å². The van der Waals surface area contributed by atoms with Gasteiger partial charge in [0.1, 0.15) is 11.5 Å². The van der Waals surface area contributed by atoms with Gasteiger partial charge < -0.3 is 20.0 Å². The number of phenols is 2. The smallest absolute Gasteiger partial charge is 0.205 e. The molecule has 0 aromatic heterocycles. The van der Waals surface area contributed by atoms with Crippen molar-refractivity contribution in [3.63, 3.8) is 0 Å². The SMILES string of the molecule is CC(C)(C)c1cc(CP(=O)(O)CCP(=O)(O)Cc2cc(C(C)(C)C)c(O)c(C(C)(C)C)c2)cc(C(C)(C)C)c1O. The van der Waals surface area contributed by atoms with Crippen LogP contribution < -0.4 is 0 Å². The van der Waals surface area contributed by atoms with Gasteiger partial charge in [-0.25, -0.2) is 0 Å². The Morgan fingerprint density at radius 3 is 0.875 bits per heavy atom. The van der Waals surface area contributed by atoms with Gasteiger partial charge in [0, 0.05) is 24.6 Å². The van der Waals surface area contributed by atoms with Crippen molar-refractivity contribution < 1.29 is 29.1 Å². The van der Waals surface area contributed by atoms with Gasteiger partial charge in [0.05, 0.1) is 0 Å². The van der Waals surface area contributed by atoms with Crippen LogP contribution in [0.5, 0.6) is 11.5 Å². The molecule has 0 fully saturated rings. The van der Waals surface area contributed by atoms with Crippen LogP contribution in [0.2, 0.25) is 0 Å². The van der Waals surface area contributed by atoms with Crippen molar-refractivity contribution in [2.24, 2.45) is 0 Å². The molecule has 0 aliphatic rings. The van der Waals surface area contributed by atoms with Crippen molar-refractivity contribution in [2.75, 3.05) is 12.3 Å². The summed E-state index contributed by atoms with van der Waals surface area (Å²) >= 11 is 0. The maximum absolute atomic E-state index is 13.3. The van der Waals surface area contributed by atoms with Gasteiger partial charge in [-0.05, 0) is 55.0 Å². The zero-order valence-corrected chi connectivity index (χ0v) is 28.4. The number of rotatable bonds is 7. The van der Waals surface area contributed by atoms with Crippen molar-refractivity contribution in [2.45, 2.75) is 117 Å². The predicted molar refractivity (Wildman–Crippen MR) is 168 cm³/mol. The van der Waals surface area contributed by atoms with Crippen molar-refractivity contribution >= 4 is 14.7 Å². The number of aromatic hydroxyl groups is 2. The molecule has 0 radical (unpaired) electrons. The molecule has 0 amide bonds. The highest BCUT2D eigenvalue weighted by Crippen LogP contribution is 2.53. The summed E-state index contributed by atoms with van der Waals surface area (Å²) in [4.78, 5) is 21.8. The lowest BCUT2D eigenvalue weighted by Crippen LogP contribution is -2.18. The lowest BCUT2D eigenvalue weighted by molar-refractivity contribution is 0.421. The first-order valence-corrected chi connectivity index (χ1v) is 18.1. The molecule has 2 unspecified atom stereocenters. The van der Waals surface area contributed by atoms with Crippen LogP contribution in [0.25, 0.3) is 0 Å². The zero-order chi connectivity index (χ0) is 31.3. The van der Waals surface area contributed by atoms with E-state index >= 15 is 0 Å². The third-order valence-electron chi connectivity index (χ3n) is 7.23. The fourth-order valence-electron chi connectivity index (χ4n) is 4.90. The molecule has 2 rings (SSSR count). The molecule has 0 aliphatic carbocycles. The van der Waals surface area contributed by atoms with Crippen LogP contribution in [0.3, 0.4) is 0 Å². The highest BCUT2D eigenvalue weighted by molar-refractivity contribution is 7.61. The summed E-state index contributed by atoms with van der Waals surface area (Å²) in [6, 6.07) is 7.13. The first-order valence-electron chi connectivity index (χ1n) is 14.0. The molecule has 2 aromatic rings. The van der Waals surface area contributed by atoms with Crippen LogP contribution in [-0.4, -0.2) is 32.3 Å². The van der Waals surface area contributed by atoms with E-state index in [1.807, 2.05) is 83.1 Å². The molecule has 6 nitrogen and oxygen atoms in total. The topological polar surface area (TPSA) is 115 Å². The summed E-state index contributed by atoms with van der Waals surface area (Å²) < 4.78 is 26.7. The minimum Gasteiger partial charge on any atom is -0.507 e. The van der Waals surface area contributed by atoms with Crippen molar-refractivity contribution in [1.82, 2.24) is 0 Å². The van der Waals surface area contributed by atoms with Crippen LogP contribution >= 0.6 is 14.7 Å². The first-order chi connectivity index (χ1) is 17.6. The van der Waals surface area contributed by atoms with Crippen LogP contribution in [0.15, 0.2) is 24.3 Å². The Labute approximate surface area is 242 Å². The van der Waals surface area contributed by atoms with E-state index in [0.717, 1.165) is 0 Å². The monoisotopic (exact) mass is 594 g/mol. The van der Waals surface area contributed by atoms with Gasteiger partial charge in [0.2, 0.25) is 14.7 Å². The molecule has 2 atom stereocenters. The van der Waals surface area contributed by atoms with Gasteiger partial charge in [0.25, 0.3) is 0 Å². The highest BCUT2D eigenvalue weighted by atomic mass is 31.2. The summed E-state index contributed by atoms with van der Waals surface area (Å²) in [7, 11) is -7.62. The van der Waals surface area contributed by atoms with Crippen molar-refractivity contribution in [3.05, 3.63) is 57.6 Å². The van der Waals surface area contributed by atoms with E-state index in [9.17, 15) is 29.1 Å². The average molecular weight is 595 g/mol. The fourth-order valence-corrected chi connectivity index (χ4v) is 9.22. The molecule has 2 aromatic carbocycles. The Bertz CT molecular complexity index is 1160. The molecule has 0 bridgehead atoms. The van der Waals surface area contributed by atoms with Crippen molar-refractivity contribution in [3.8, 4) is 11.5 Å². The van der Waals surface area contributed by atoms with Crippen LogP contribution in [0.4, 0.5) is 0 Å². The molecule has 0 heterocycles. The minimum atomic E-state index is -3.81. The Hall–Kier alpha value is -1.58. The van der Waals surface area contributed by atoms with Gasteiger partial charge in [-0.1, -0.05) is 107 Å². The van der Waals surface area contributed by atoms with Crippen molar-refractivity contribution in [1.29, 1.82) is 0 Å². The van der Waals surface area contributed by atoms with Crippen LogP contribution in [-0.2, 0) is 43.1 Å². The Kier molecular flexibility index (Phi) is 9.74. The number of hydrogen-bond acceptors (Lipinski definition) is 4. The zero-order valence-electron chi connectivity index (χ0n) is 26.6. The number of hydrogen-bond donors (Lipinski definition) is 4. The summed E-state index contributed by atoms with van der Waals surface area (Å²) in [6.45, 7) is 23.8. The second kappa shape index (κ2) is 11.3. The summed E-state index contributed by atoms with van der Waals surface area (Å²) in [5, 5.41) is 21.9. The second-order valence-electron chi connectivity index (χ2n) is 15.5. The largest absolute Gasteiger partial charge is 0.507 e. The normalized spacial score (nSPS) is 16.4. The summed E-state index contributed by atoms with van der Waals surface area (Å²) in [5.74, 6) is 0.407. The molecule has 4 N–H and O–H groups in total. The summed E-state index contributed by atoms with van der Waals surface area (Å²) in [5.41, 5.74) is 2.61. The lowest BCUT2D eigenvalue weighted by atomic mass is 9.78. The Balaban J connectivity index is 2.35. The second-order valence-corrected chi connectivity index (χ2v) is 20.4. The Morgan fingerprint density at radius 2 is 0.700 bits per heavy atom. The fraction of sp³-hybridized carbons (Fsp3) is 0.625. The maximum atomic E-state index is 13.3. The van der Waals surface area contributed by atoms with Gasteiger partial charge in [-0.15, -0.1) is 0 Å². The molecule has 0 saturated carbocycles. The quantitative estimate of drug-likeness (QED) is 0.239. The summed E-state index contributed by atoms with van der Waals surface area (Å²) in [6.07, 6.45) is -0.844. The van der Waals surface area contributed by atoms with E-state index in [1.165, 1.54) is 0 Å². The highest BCUT2D eigenvalue weighted by Gasteiger charge is 2.32. The minimum absolute atomic E-state index is 0.138. The maximum Gasteiger partial charge on any atom is 0.205 e. The molecule has 8 heteroatoms. The molecule has 0 saturated heterocycles. The van der Waals surface area contributed by atoms with Gasteiger partial charge in [-0.2, -0.15) is 0 Å². The third-order valence-corrected chi connectivity index (χ3v) is 11.1. The number of benzene rings is 2. The predicted octanol–water partition coefficient (Wildman–Crippen LogP) is 8.53. The average Bonchev–Trinajstić information content (AvgIpc) is 2.71. The molecular weight excluding hydrogens is 542 g/mol. The van der Waals surface area contributed by atoms with E-state index in [-0.39, 0.29) is 57.8 Å². The molecule has 0 spiro atoms. The van der Waals surface area contributed by atoms with E-state index in [1.54, 1.807) is 24.3 Å². The van der Waals surface area contributed by atoms with Gasteiger partial charge in [-0.3, -0.25) is 9.13 Å². The van der Waals surface area contributed by atoms with E-state index in [4.69, 9.17) is 0 Å². The van der Waals surface area contributed by atoms with Crippen LogP contribution in [0, 0.1) is 0 Å².